The summed E-state index contributed by atoms with van der Waals surface area (Å²) in [5, 5.41) is 0. The molecule has 1 aromatic heterocycles. The molecule has 0 amide bonds. The van der Waals surface area contributed by atoms with Crippen molar-refractivity contribution >= 4 is 24.0 Å². The van der Waals surface area contributed by atoms with Crippen molar-refractivity contribution in [3.63, 3.8) is 0 Å². The zero-order valence-corrected chi connectivity index (χ0v) is 13.1. The van der Waals surface area contributed by atoms with Crippen LogP contribution in [0.15, 0.2) is 16.7 Å². The Labute approximate surface area is 112 Å². The van der Waals surface area contributed by atoms with Crippen LogP contribution in [0.25, 0.3) is 0 Å². The standard InChI is InChI=1S/C13H17BrFNSi/c1-4-17(5-2,6-3)8-7-11-9-13(15)12(14)10-16-11/h9-10H,4-6H2,1-3H3. The van der Waals surface area contributed by atoms with Gasteiger partial charge in [-0.3, -0.25) is 0 Å². The molecule has 4 heteroatoms. The summed E-state index contributed by atoms with van der Waals surface area (Å²) in [5.41, 5.74) is 3.92. The highest BCUT2D eigenvalue weighted by Gasteiger charge is 2.24. The minimum atomic E-state index is -1.47. The summed E-state index contributed by atoms with van der Waals surface area (Å²) in [6.45, 7) is 6.59. The van der Waals surface area contributed by atoms with Gasteiger partial charge in [0.15, 0.2) is 0 Å². The summed E-state index contributed by atoms with van der Waals surface area (Å²) in [6, 6.07) is 4.82. The van der Waals surface area contributed by atoms with Crippen LogP contribution in [-0.2, 0) is 0 Å². The summed E-state index contributed by atoms with van der Waals surface area (Å²) >= 11 is 3.08. The Kier molecular flexibility index (Phi) is 5.35. The second-order valence-corrected chi connectivity index (χ2v) is 9.86. The molecule has 0 bridgehead atoms. The molecule has 0 saturated heterocycles. The van der Waals surface area contributed by atoms with E-state index in [0.717, 1.165) is 18.1 Å². The van der Waals surface area contributed by atoms with Crippen LogP contribution >= 0.6 is 15.9 Å². The second-order valence-electron chi connectivity index (χ2n) is 4.07. The molecule has 0 fully saturated rings. The van der Waals surface area contributed by atoms with Crippen LogP contribution in [0.5, 0.6) is 0 Å². The fourth-order valence-electron chi connectivity index (χ4n) is 1.69. The minimum Gasteiger partial charge on any atom is -0.246 e. The molecule has 1 nitrogen and oxygen atoms in total. The van der Waals surface area contributed by atoms with Crippen molar-refractivity contribution in [2.45, 2.75) is 38.9 Å². The lowest BCUT2D eigenvalue weighted by Crippen LogP contribution is -2.29. The van der Waals surface area contributed by atoms with E-state index < -0.39 is 8.07 Å². The maximum Gasteiger partial charge on any atom is 0.141 e. The molecule has 1 rings (SSSR count). The first-order chi connectivity index (χ1) is 8.06. The highest BCUT2D eigenvalue weighted by atomic mass is 79.9. The summed E-state index contributed by atoms with van der Waals surface area (Å²) < 4.78 is 13.7. The molecule has 92 valence electrons. The van der Waals surface area contributed by atoms with Gasteiger partial charge in [-0.25, -0.2) is 9.37 Å². The Hall–Kier alpha value is -0.663. The van der Waals surface area contributed by atoms with Crippen LogP contribution in [0, 0.1) is 17.3 Å². The van der Waals surface area contributed by atoms with E-state index in [9.17, 15) is 4.39 Å². The van der Waals surface area contributed by atoms with Crippen molar-refractivity contribution in [1.82, 2.24) is 4.98 Å². The van der Waals surface area contributed by atoms with Gasteiger partial charge < -0.3 is 0 Å². The van der Waals surface area contributed by atoms with Gasteiger partial charge in [0, 0.05) is 12.3 Å². The zero-order chi connectivity index (χ0) is 12.9. The van der Waals surface area contributed by atoms with Crippen molar-refractivity contribution < 1.29 is 4.39 Å². The maximum absolute atomic E-state index is 13.3. The Morgan fingerprint density at radius 2 is 1.88 bits per heavy atom. The Morgan fingerprint density at radius 3 is 2.35 bits per heavy atom. The number of hydrogen-bond donors (Lipinski definition) is 0. The average Bonchev–Trinajstić information content (AvgIpc) is 2.36. The summed E-state index contributed by atoms with van der Waals surface area (Å²) in [5.74, 6) is 2.74. The van der Waals surface area contributed by atoms with E-state index in [-0.39, 0.29) is 5.82 Å². The Morgan fingerprint density at radius 1 is 1.29 bits per heavy atom. The highest BCUT2D eigenvalue weighted by Crippen LogP contribution is 2.19. The van der Waals surface area contributed by atoms with E-state index in [1.54, 1.807) is 0 Å². The third-order valence-corrected chi connectivity index (χ3v) is 8.59. The van der Waals surface area contributed by atoms with Gasteiger partial charge in [0.25, 0.3) is 0 Å². The van der Waals surface area contributed by atoms with E-state index >= 15 is 0 Å². The van der Waals surface area contributed by atoms with Gasteiger partial charge in [0.2, 0.25) is 0 Å². The predicted octanol–water partition coefficient (Wildman–Crippen LogP) is 4.38. The topological polar surface area (TPSA) is 12.9 Å². The molecule has 0 aliphatic heterocycles. The van der Waals surface area contributed by atoms with Gasteiger partial charge in [-0.2, -0.15) is 0 Å². The average molecular weight is 314 g/mol. The van der Waals surface area contributed by atoms with E-state index in [1.165, 1.54) is 12.3 Å². The zero-order valence-electron chi connectivity index (χ0n) is 10.5. The van der Waals surface area contributed by atoms with Crippen LogP contribution < -0.4 is 0 Å². The lowest BCUT2D eigenvalue weighted by atomic mass is 10.3. The summed E-state index contributed by atoms with van der Waals surface area (Å²) in [4.78, 5) is 4.11. The first-order valence-electron chi connectivity index (χ1n) is 5.91. The number of aromatic nitrogens is 1. The first-order valence-corrected chi connectivity index (χ1v) is 9.32. The molecule has 0 spiro atoms. The SMILES string of the molecule is CC[Si](C#Cc1cc(F)c(Br)cn1)(CC)CC. The van der Waals surface area contributed by atoms with Gasteiger partial charge in [0.1, 0.15) is 19.6 Å². The number of rotatable bonds is 3. The number of nitrogens with zero attached hydrogens (tertiary/aromatic N) is 1. The largest absolute Gasteiger partial charge is 0.246 e. The molecule has 0 aromatic carbocycles. The molecule has 0 aliphatic carbocycles. The number of pyridine rings is 1. The molecule has 1 aromatic rings. The molecule has 1 heterocycles. The summed E-state index contributed by atoms with van der Waals surface area (Å²) in [7, 11) is -1.47. The third kappa shape index (κ3) is 3.65. The fourth-order valence-corrected chi connectivity index (χ4v) is 4.33. The van der Waals surface area contributed by atoms with E-state index in [2.05, 4.69) is 53.1 Å². The molecule has 0 aliphatic rings. The van der Waals surface area contributed by atoms with E-state index in [4.69, 9.17) is 0 Å². The third-order valence-electron chi connectivity index (χ3n) is 3.29. The number of hydrogen-bond acceptors (Lipinski definition) is 1. The van der Waals surface area contributed by atoms with Crippen LogP contribution in [0.2, 0.25) is 18.1 Å². The molecule has 0 N–H and O–H groups in total. The van der Waals surface area contributed by atoms with Gasteiger partial charge in [-0.1, -0.05) is 26.7 Å². The maximum atomic E-state index is 13.3. The van der Waals surface area contributed by atoms with Crippen LogP contribution in [0.3, 0.4) is 0 Å². The molecule has 0 radical (unpaired) electrons. The van der Waals surface area contributed by atoms with Crippen LogP contribution in [-0.4, -0.2) is 13.1 Å². The predicted molar refractivity (Wildman–Crippen MR) is 76.0 cm³/mol. The van der Waals surface area contributed by atoms with Crippen LogP contribution in [0.4, 0.5) is 4.39 Å². The van der Waals surface area contributed by atoms with Crippen LogP contribution in [0.1, 0.15) is 26.5 Å². The Bertz CT molecular complexity index is 438. The minimum absolute atomic E-state index is 0.305. The smallest absolute Gasteiger partial charge is 0.141 e. The van der Waals surface area contributed by atoms with Crippen molar-refractivity contribution in [3.05, 3.63) is 28.2 Å². The lowest BCUT2D eigenvalue weighted by molar-refractivity contribution is 0.618. The van der Waals surface area contributed by atoms with E-state index in [1.807, 2.05) is 0 Å². The quantitative estimate of drug-likeness (QED) is 0.596. The molecule has 0 saturated carbocycles. The van der Waals surface area contributed by atoms with Gasteiger partial charge in [-0.15, -0.1) is 5.54 Å². The van der Waals surface area contributed by atoms with Crippen molar-refractivity contribution in [1.29, 1.82) is 0 Å². The van der Waals surface area contributed by atoms with Gasteiger partial charge >= 0.3 is 0 Å². The van der Waals surface area contributed by atoms with Crippen molar-refractivity contribution in [2.75, 3.05) is 0 Å². The molecular formula is C13H17BrFNSi. The van der Waals surface area contributed by atoms with Crippen molar-refractivity contribution in [3.8, 4) is 11.5 Å². The fraction of sp³-hybridized carbons (Fsp3) is 0.462. The second kappa shape index (κ2) is 6.32. The lowest BCUT2D eigenvalue weighted by Gasteiger charge is -2.19. The molecule has 0 atom stereocenters. The van der Waals surface area contributed by atoms with Gasteiger partial charge in [-0.05, 0) is 34.1 Å². The summed E-state index contributed by atoms with van der Waals surface area (Å²) in [6.07, 6.45) is 1.46. The van der Waals surface area contributed by atoms with Gasteiger partial charge in [0.05, 0.1) is 4.47 Å². The monoisotopic (exact) mass is 313 g/mol. The first kappa shape index (κ1) is 14.4. The highest BCUT2D eigenvalue weighted by molar-refractivity contribution is 9.10. The molecule has 17 heavy (non-hydrogen) atoms. The molecular weight excluding hydrogens is 297 g/mol. The number of halogens is 2. The normalized spacial score (nSPS) is 10.9. The van der Waals surface area contributed by atoms with E-state index in [0.29, 0.717) is 10.2 Å². The van der Waals surface area contributed by atoms with Crippen molar-refractivity contribution in [2.24, 2.45) is 0 Å². The Balaban J connectivity index is 3.01. The molecule has 0 unspecified atom stereocenters.